The fourth-order valence-electron chi connectivity index (χ4n) is 2.49. The van der Waals surface area contributed by atoms with Gasteiger partial charge in [0, 0.05) is 5.56 Å². The van der Waals surface area contributed by atoms with Crippen molar-refractivity contribution >= 4 is 43.7 Å². The highest BCUT2D eigenvalue weighted by molar-refractivity contribution is 7.22. The Hall–Kier alpha value is -2.92. The highest BCUT2D eigenvalue weighted by Crippen LogP contribution is 2.27. The van der Waals surface area contributed by atoms with Crippen molar-refractivity contribution < 1.29 is 5.11 Å². The van der Waals surface area contributed by atoms with E-state index >= 15 is 0 Å². The number of phenolic OH excluding ortho intramolecular Hbond substituents is 1. The average Bonchev–Trinajstić information content (AvgIpc) is 2.99. The van der Waals surface area contributed by atoms with Crippen molar-refractivity contribution in [2.45, 2.75) is 0 Å². The quantitative estimate of drug-likeness (QED) is 0.428. The van der Waals surface area contributed by atoms with E-state index in [2.05, 4.69) is 15.5 Å². The van der Waals surface area contributed by atoms with E-state index in [1.165, 1.54) is 0 Å². The maximum Gasteiger partial charge on any atom is 0.204 e. The molecule has 0 aliphatic rings. The molecule has 0 spiro atoms. The first-order valence-corrected chi connectivity index (χ1v) is 7.98. The summed E-state index contributed by atoms with van der Waals surface area (Å²) in [6.07, 6.45) is 1.63. The molecule has 1 heterocycles. The van der Waals surface area contributed by atoms with Crippen LogP contribution >= 0.6 is 11.3 Å². The molecular weight excluding hydrogens is 306 g/mol. The van der Waals surface area contributed by atoms with Crippen LogP contribution < -0.4 is 5.43 Å². The lowest BCUT2D eigenvalue weighted by Crippen LogP contribution is -1.91. The Morgan fingerprint density at radius 2 is 1.83 bits per heavy atom. The Labute approximate surface area is 136 Å². The molecule has 0 saturated heterocycles. The zero-order chi connectivity index (χ0) is 15.6. The number of fused-ring (bicyclic) bond motifs is 2. The zero-order valence-corrected chi connectivity index (χ0v) is 12.9. The van der Waals surface area contributed by atoms with E-state index < -0.39 is 0 Å². The molecule has 0 aliphatic carbocycles. The van der Waals surface area contributed by atoms with Crippen LogP contribution in [-0.4, -0.2) is 16.3 Å². The zero-order valence-electron chi connectivity index (χ0n) is 12.1. The normalized spacial score (nSPS) is 11.5. The number of hydrogen-bond donors (Lipinski definition) is 2. The molecule has 0 atom stereocenters. The van der Waals surface area contributed by atoms with Crippen molar-refractivity contribution in [3.05, 3.63) is 66.2 Å². The third kappa shape index (κ3) is 2.62. The number of anilines is 1. The first-order valence-electron chi connectivity index (χ1n) is 7.16. The molecule has 0 amide bonds. The van der Waals surface area contributed by atoms with E-state index in [0.717, 1.165) is 26.1 Å². The first kappa shape index (κ1) is 13.7. The van der Waals surface area contributed by atoms with Crippen LogP contribution in [0.25, 0.3) is 21.0 Å². The van der Waals surface area contributed by atoms with Crippen LogP contribution in [0, 0.1) is 0 Å². The second-order valence-electron chi connectivity index (χ2n) is 5.08. The number of hydrazone groups is 1. The number of para-hydroxylation sites is 1. The third-order valence-electron chi connectivity index (χ3n) is 3.60. The van der Waals surface area contributed by atoms with Crippen LogP contribution in [0.15, 0.2) is 65.8 Å². The van der Waals surface area contributed by atoms with Gasteiger partial charge in [0.25, 0.3) is 0 Å². The smallest absolute Gasteiger partial charge is 0.204 e. The molecule has 4 nitrogen and oxygen atoms in total. The topological polar surface area (TPSA) is 57.5 Å². The largest absolute Gasteiger partial charge is 0.507 e. The number of aromatic hydroxyl groups is 1. The van der Waals surface area contributed by atoms with Gasteiger partial charge in [-0.05, 0) is 29.0 Å². The predicted octanol–water partition coefficient (Wildman–Crippen LogP) is 4.60. The lowest BCUT2D eigenvalue weighted by atomic mass is 10.0. The van der Waals surface area contributed by atoms with Crippen molar-refractivity contribution in [3.8, 4) is 5.75 Å². The molecular formula is C18H13N3OS. The summed E-state index contributed by atoms with van der Waals surface area (Å²) in [5.41, 5.74) is 4.58. The highest BCUT2D eigenvalue weighted by Gasteiger charge is 2.05. The standard InChI is InChI=1S/C18H13N3OS/c22-16-10-9-12-5-1-2-6-13(12)14(16)11-19-21-18-20-15-7-3-4-8-17(15)23-18/h1-11,22H,(H,20,21)/b19-11+. The second kappa shape index (κ2) is 5.70. The van der Waals surface area contributed by atoms with Gasteiger partial charge >= 0.3 is 0 Å². The average molecular weight is 319 g/mol. The van der Waals surface area contributed by atoms with Crippen LogP contribution in [0.4, 0.5) is 5.13 Å². The van der Waals surface area contributed by atoms with Crippen LogP contribution in [0.5, 0.6) is 5.75 Å². The molecule has 0 radical (unpaired) electrons. The van der Waals surface area contributed by atoms with Crippen molar-refractivity contribution in [1.29, 1.82) is 0 Å². The monoisotopic (exact) mass is 319 g/mol. The van der Waals surface area contributed by atoms with E-state index in [1.807, 2.05) is 54.6 Å². The summed E-state index contributed by atoms with van der Waals surface area (Å²) in [6.45, 7) is 0. The summed E-state index contributed by atoms with van der Waals surface area (Å²) in [5.74, 6) is 0.207. The number of rotatable bonds is 3. The Kier molecular flexibility index (Phi) is 3.40. The van der Waals surface area contributed by atoms with E-state index in [4.69, 9.17) is 0 Å². The van der Waals surface area contributed by atoms with E-state index in [9.17, 15) is 5.11 Å². The number of thiazole rings is 1. The Balaban J connectivity index is 1.65. The lowest BCUT2D eigenvalue weighted by Gasteiger charge is -2.04. The fraction of sp³-hybridized carbons (Fsp3) is 0. The van der Waals surface area contributed by atoms with Gasteiger partial charge in [0.2, 0.25) is 5.13 Å². The van der Waals surface area contributed by atoms with Gasteiger partial charge in [-0.3, -0.25) is 5.43 Å². The van der Waals surface area contributed by atoms with Crippen molar-refractivity contribution in [1.82, 2.24) is 4.98 Å². The molecule has 0 saturated carbocycles. The Morgan fingerprint density at radius 1 is 1.00 bits per heavy atom. The molecule has 2 N–H and O–H groups in total. The molecule has 0 bridgehead atoms. The van der Waals surface area contributed by atoms with Gasteiger partial charge < -0.3 is 5.11 Å². The molecule has 4 aromatic rings. The fourth-order valence-corrected chi connectivity index (χ4v) is 3.31. The first-order chi connectivity index (χ1) is 11.3. The number of phenols is 1. The van der Waals surface area contributed by atoms with E-state index in [1.54, 1.807) is 23.6 Å². The summed E-state index contributed by atoms with van der Waals surface area (Å²) >= 11 is 1.54. The van der Waals surface area contributed by atoms with Crippen LogP contribution in [-0.2, 0) is 0 Å². The minimum atomic E-state index is 0.207. The van der Waals surface area contributed by atoms with Gasteiger partial charge in [0.05, 0.1) is 16.4 Å². The number of aromatic nitrogens is 1. The number of nitrogens with one attached hydrogen (secondary N) is 1. The molecule has 3 aromatic carbocycles. The molecule has 0 fully saturated rings. The number of benzene rings is 3. The van der Waals surface area contributed by atoms with Crippen LogP contribution in [0.3, 0.4) is 0 Å². The SMILES string of the molecule is Oc1ccc2ccccc2c1/C=N/Nc1nc2ccccc2s1. The predicted molar refractivity (Wildman–Crippen MR) is 96.4 cm³/mol. The van der Waals surface area contributed by atoms with Crippen molar-refractivity contribution in [2.24, 2.45) is 5.10 Å². The maximum atomic E-state index is 10.1. The van der Waals surface area contributed by atoms with Gasteiger partial charge in [-0.25, -0.2) is 4.98 Å². The lowest BCUT2D eigenvalue weighted by molar-refractivity contribution is 0.475. The summed E-state index contributed by atoms with van der Waals surface area (Å²) in [7, 11) is 0. The third-order valence-corrected chi connectivity index (χ3v) is 4.54. The summed E-state index contributed by atoms with van der Waals surface area (Å²) < 4.78 is 1.11. The van der Waals surface area contributed by atoms with Gasteiger partial charge in [-0.2, -0.15) is 5.10 Å². The summed E-state index contributed by atoms with van der Waals surface area (Å²) in [4.78, 5) is 4.46. The van der Waals surface area contributed by atoms with Crippen molar-refractivity contribution in [3.63, 3.8) is 0 Å². The van der Waals surface area contributed by atoms with E-state index in [0.29, 0.717) is 5.56 Å². The van der Waals surface area contributed by atoms with Crippen LogP contribution in [0.1, 0.15) is 5.56 Å². The molecule has 5 heteroatoms. The molecule has 0 aliphatic heterocycles. The molecule has 0 unspecified atom stereocenters. The second-order valence-corrected chi connectivity index (χ2v) is 6.11. The minimum Gasteiger partial charge on any atom is -0.507 e. The molecule has 1 aromatic heterocycles. The number of hydrogen-bond acceptors (Lipinski definition) is 5. The molecule has 112 valence electrons. The Bertz CT molecular complexity index is 990. The van der Waals surface area contributed by atoms with Gasteiger partial charge in [0.1, 0.15) is 5.75 Å². The molecule has 4 rings (SSSR count). The maximum absolute atomic E-state index is 10.1. The summed E-state index contributed by atoms with van der Waals surface area (Å²) in [5, 5.41) is 17.1. The number of nitrogens with zero attached hydrogens (tertiary/aromatic N) is 2. The minimum absolute atomic E-state index is 0.207. The van der Waals surface area contributed by atoms with Gasteiger partial charge in [-0.1, -0.05) is 53.8 Å². The molecule has 23 heavy (non-hydrogen) atoms. The van der Waals surface area contributed by atoms with E-state index in [-0.39, 0.29) is 5.75 Å². The van der Waals surface area contributed by atoms with Gasteiger partial charge in [-0.15, -0.1) is 0 Å². The van der Waals surface area contributed by atoms with Gasteiger partial charge in [0.15, 0.2) is 0 Å². The van der Waals surface area contributed by atoms with Crippen LogP contribution in [0.2, 0.25) is 0 Å². The summed E-state index contributed by atoms with van der Waals surface area (Å²) in [6, 6.07) is 19.4. The van der Waals surface area contributed by atoms with Crippen molar-refractivity contribution in [2.75, 3.05) is 5.43 Å². The highest BCUT2D eigenvalue weighted by atomic mass is 32.1. The Morgan fingerprint density at radius 3 is 2.74 bits per heavy atom.